The van der Waals surface area contributed by atoms with Gasteiger partial charge in [0.25, 0.3) is 0 Å². The number of para-hydroxylation sites is 2. The Morgan fingerprint density at radius 3 is 2.52 bits per heavy atom. The zero-order chi connectivity index (χ0) is 17.6. The first-order valence-corrected chi connectivity index (χ1v) is 9.32. The van der Waals surface area contributed by atoms with Crippen molar-refractivity contribution < 1.29 is 0 Å². The molecule has 0 saturated carbocycles. The van der Waals surface area contributed by atoms with Crippen LogP contribution in [0.2, 0.25) is 0 Å². The molecule has 124 valence electrons. The van der Waals surface area contributed by atoms with Crippen LogP contribution in [0.25, 0.3) is 21.8 Å². The monoisotopic (exact) mass is 408 g/mol. The Balaban J connectivity index is 2.02. The minimum absolute atomic E-state index is 0.670. The average molecular weight is 409 g/mol. The quantitative estimate of drug-likeness (QED) is 0.366. The highest BCUT2D eigenvalue weighted by Crippen LogP contribution is 2.36. The molecule has 0 fully saturated rings. The van der Waals surface area contributed by atoms with Gasteiger partial charge in [-0.05, 0) is 77.4 Å². The Morgan fingerprint density at radius 1 is 1.00 bits per heavy atom. The first-order valence-electron chi connectivity index (χ1n) is 8.12. The second kappa shape index (κ2) is 6.28. The van der Waals surface area contributed by atoms with Crippen LogP contribution in [0.4, 0.5) is 5.69 Å². The maximum Gasteiger partial charge on any atom is 0.182 e. The molecular formula is C21H17BrN2S. The van der Waals surface area contributed by atoms with E-state index in [0.717, 1.165) is 21.2 Å². The third kappa shape index (κ3) is 2.75. The van der Waals surface area contributed by atoms with Gasteiger partial charge in [0.05, 0.1) is 11.0 Å². The molecular weight excluding hydrogens is 392 g/mol. The summed E-state index contributed by atoms with van der Waals surface area (Å²) >= 11 is 9.50. The van der Waals surface area contributed by atoms with E-state index in [0.29, 0.717) is 5.11 Å². The molecule has 4 heteroatoms. The van der Waals surface area contributed by atoms with E-state index in [-0.39, 0.29) is 0 Å². The predicted octanol–water partition coefficient (Wildman–Crippen LogP) is 6.42. The summed E-state index contributed by atoms with van der Waals surface area (Å²) in [5, 5.41) is 6.49. The number of aromatic nitrogens is 1. The number of benzene rings is 3. The Labute approximate surface area is 160 Å². The first kappa shape index (κ1) is 16.3. The van der Waals surface area contributed by atoms with Crippen LogP contribution in [0.3, 0.4) is 0 Å². The molecule has 2 nitrogen and oxygen atoms in total. The third-order valence-corrected chi connectivity index (χ3v) is 5.33. The summed E-state index contributed by atoms with van der Waals surface area (Å²) in [7, 11) is 0. The number of aryl methyl sites for hydroxylation is 2. The molecule has 3 aromatic carbocycles. The molecule has 0 bridgehead atoms. The number of nitrogens with one attached hydrogen (secondary N) is 1. The highest BCUT2D eigenvalue weighted by molar-refractivity contribution is 9.10. The van der Waals surface area contributed by atoms with E-state index in [2.05, 4.69) is 70.0 Å². The van der Waals surface area contributed by atoms with Gasteiger partial charge in [0, 0.05) is 20.9 Å². The number of rotatable bonds is 1. The van der Waals surface area contributed by atoms with Crippen molar-refractivity contribution >= 4 is 60.8 Å². The molecule has 25 heavy (non-hydrogen) atoms. The van der Waals surface area contributed by atoms with E-state index >= 15 is 0 Å². The van der Waals surface area contributed by atoms with E-state index in [4.69, 9.17) is 12.2 Å². The van der Waals surface area contributed by atoms with Crippen molar-refractivity contribution in [3.63, 3.8) is 0 Å². The van der Waals surface area contributed by atoms with Crippen LogP contribution in [-0.4, -0.2) is 9.68 Å². The molecule has 0 aliphatic heterocycles. The van der Waals surface area contributed by atoms with Gasteiger partial charge in [-0.15, -0.1) is 0 Å². The van der Waals surface area contributed by atoms with Crippen molar-refractivity contribution in [1.82, 2.24) is 4.57 Å². The lowest BCUT2D eigenvalue weighted by Gasteiger charge is -2.13. The van der Waals surface area contributed by atoms with Crippen LogP contribution >= 0.6 is 28.1 Å². The molecule has 1 aromatic heterocycles. The van der Waals surface area contributed by atoms with Gasteiger partial charge in [0.2, 0.25) is 0 Å². The van der Waals surface area contributed by atoms with Crippen LogP contribution < -0.4 is 5.32 Å². The van der Waals surface area contributed by atoms with Gasteiger partial charge in [-0.3, -0.25) is 4.57 Å². The lowest BCUT2D eigenvalue weighted by Crippen LogP contribution is -2.19. The van der Waals surface area contributed by atoms with Crippen molar-refractivity contribution in [2.24, 2.45) is 0 Å². The predicted molar refractivity (Wildman–Crippen MR) is 115 cm³/mol. The van der Waals surface area contributed by atoms with E-state index in [1.807, 2.05) is 30.3 Å². The van der Waals surface area contributed by atoms with Crippen molar-refractivity contribution in [2.45, 2.75) is 13.8 Å². The van der Waals surface area contributed by atoms with E-state index < -0.39 is 0 Å². The second-order valence-corrected chi connectivity index (χ2v) is 7.48. The van der Waals surface area contributed by atoms with Crippen LogP contribution in [0.5, 0.6) is 0 Å². The highest BCUT2D eigenvalue weighted by Gasteiger charge is 2.17. The molecule has 1 N–H and O–H groups in total. The van der Waals surface area contributed by atoms with Gasteiger partial charge in [-0.25, -0.2) is 0 Å². The number of hydrogen-bond donors (Lipinski definition) is 1. The zero-order valence-corrected chi connectivity index (χ0v) is 16.4. The van der Waals surface area contributed by atoms with Crippen LogP contribution in [0, 0.1) is 13.8 Å². The van der Waals surface area contributed by atoms with Crippen molar-refractivity contribution in [3.8, 4) is 0 Å². The molecule has 0 aliphatic carbocycles. The topological polar surface area (TPSA) is 17.0 Å². The Hall–Kier alpha value is -2.17. The summed E-state index contributed by atoms with van der Waals surface area (Å²) in [5.74, 6) is 0. The summed E-state index contributed by atoms with van der Waals surface area (Å²) in [6.07, 6.45) is 0. The Bertz CT molecular complexity index is 1110. The molecule has 0 unspecified atom stereocenters. The average Bonchev–Trinajstić information content (AvgIpc) is 2.91. The number of thiocarbonyl (C=S) groups is 1. The molecule has 4 rings (SSSR count). The molecule has 0 amide bonds. The fraction of sp³-hybridized carbons (Fsp3) is 0.0952. The number of halogens is 1. The fourth-order valence-corrected chi connectivity index (χ4v) is 4.30. The molecule has 0 aliphatic rings. The normalized spacial score (nSPS) is 11.2. The number of hydrogen-bond acceptors (Lipinski definition) is 1. The zero-order valence-electron chi connectivity index (χ0n) is 14.0. The van der Waals surface area contributed by atoms with Crippen molar-refractivity contribution in [3.05, 3.63) is 76.3 Å². The largest absolute Gasteiger partial charge is 0.332 e. The van der Waals surface area contributed by atoms with Gasteiger partial charge < -0.3 is 5.32 Å². The third-order valence-electron chi connectivity index (χ3n) is 4.41. The smallest absolute Gasteiger partial charge is 0.182 e. The van der Waals surface area contributed by atoms with Gasteiger partial charge in [-0.2, -0.15) is 0 Å². The minimum Gasteiger partial charge on any atom is -0.332 e. The SMILES string of the molecule is Cc1cc(C)c2c3cccc(Br)c3n(C(=S)Nc3ccccc3)c2c1. The second-order valence-electron chi connectivity index (χ2n) is 6.24. The van der Waals surface area contributed by atoms with E-state index in [9.17, 15) is 0 Å². The lowest BCUT2D eigenvalue weighted by atomic mass is 10.1. The fourth-order valence-electron chi connectivity index (χ4n) is 3.45. The lowest BCUT2D eigenvalue weighted by molar-refractivity contribution is 1.28. The molecule has 0 atom stereocenters. The molecule has 1 heterocycles. The van der Waals surface area contributed by atoms with Gasteiger partial charge >= 0.3 is 0 Å². The molecule has 0 spiro atoms. The Kier molecular flexibility index (Phi) is 4.10. The van der Waals surface area contributed by atoms with Gasteiger partial charge in [0.15, 0.2) is 5.11 Å². The highest BCUT2D eigenvalue weighted by atomic mass is 79.9. The summed E-state index contributed by atoms with van der Waals surface area (Å²) in [5.41, 5.74) is 5.71. The van der Waals surface area contributed by atoms with Crippen molar-refractivity contribution in [1.29, 1.82) is 0 Å². The van der Waals surface area contributed by atoms with Crippen LogP contribution in [0.1, 0.15) is 11.1 Å². The Morgan fingerprint density at radius 2 is 1.76 bits per heavy atom. The minimum atomic E-state index is 0.670. The first-order chi connectivity index (χ1) is 12.1. The summed E-state index contributed by atoms with van der Waals surface area (Å²) < 4.78 is 3.17. The van der Waals surface area contributed by atoms with E-state index in [1.165, 1.54) is 21.9 Å². The molecule has 4 aromatic rings. The maximum absolute atomic E-state index is 5.79. The number of fused-ring (bicyclic) bond motifs is 3. The van der Waals surface area contributed by atoms with E-state index in [1.54, 1.807) is 0 Å². The molecule has 0 saturated heterocycles. The molecule has 0 radical (unpaired) electrons. The summed E-state index contributed by atoms with van der Waals surface area (Å²) in [6, 6.07) is 20.8. The number of nitrogens with zero attached hydrogens (tertiary/aromatic N) is 1. The maximum atomic E-state index is 5.79. The standard InChI is InChI=1S/C21H17BrN2S/c1-13-11-14(2)19-16-9-6-10-17(22)20(16)24(18(19)12-13)21(25)23-15-7-4-3-5-8-15/h3-12H,1-2H3,(H,23,25). The summed E-state index contributed by atoms with van der Waals surface area (Å²) in [4.78, 5) is 0. The van der Waals surface area contributed by atoms with Crippen LogP contribution in [-0.2, 0) is 0 Å². The number of anilines is 1. The van der Waals surface area contributed by atoms with Gasteiger partial charge in [0.1, 0.15) is 0 Å². The summed E-state index contributed by atoms with van der Waals surface area (Å²) in [6.45, 7) is 4.28. The van der Waals surface area contributed by atoms with Crippen molar-refractivity contribution in [2.75, 3.05) is 5.32 Å². The van der Waals surface area contributed by atoms with Crippen LogP contribution in [0.15, 0.2) is 65.1 Å². The van der Waals surface area contributed by atoms with Gasteiger partial charge in [-0.1, -0.05) is 36.4 Å².